The second-order valence-electron chi connectivity index (χ2n) is 1.29. The van der Waals surface area contributed by atoms with Crippen LogP contribution in [0.3, 0.4) is 0 Å². The summed E-state index contributed by atoms with van der Waals surface area (Å²) in [5, 5.41) is 0. The summed E-state index contributed by atoms with van der Waals surface area (Å²) in [7, 11) is -4.75. The molecule has 0 aromatic rings. The van der Waals surface area contributed by atoms with Crippen molar-refractivity contribution >= 4 is 20.0 Å². The second kappa shape index (κ2) is 6.20. The highest BCUT2D eigenvalue weighted by Gasteiger charge is 2.28. The highest BCUT2D eigenvalue weighted by molar-refractivity contribution is 7.48. The van der Waals surface area contributed by atoms with Gasteiger partial charge in [-0.05, 0) is 0 Å². The van der Waals surface area contributed by atoms with Crippen LogP contribution in [0.25, 0.3) is 0 Å². The Morgan fingerprint density at radius 2 is 1.31 bits per heavy atom. The van der Waals surface area contributed by atoms with Gasteiger partial charge >= 0.3 is 20.0 Å². The molecule has 0 aromatic heterocycles. The summed E-state index contributed by atoms with van der Waals surface area (Å²) in [5.41, 5.74) is 8.66. The molecular formula is C2H11N4O6P. The third-order valence-electron chi connectivity index (χ3n) is 0.411. The summed E-state index contributed by atoms with van der Waals surface area (Å²) in [6.07, 6.45) is -3.09. The zero-order chi connectivity index (χ0) is 9.07. The van der Waals surface area contributed by atoms with Gasteiger partial charge in [0, 0.05) is 0 Å². The fraction of sp³-hybridized carbons (Fsp3) is 0. The SMILES string of the molecule is N.N.NC(=O)OP(=O)(O)OC(N)=O. The van der Waals surface area contributed by atoms with Gasteiger partial charge in [0.2, 0.25) is 0 Å². The number of carbonyl (C=O) groups excluding carboxylic acids is 2. The van der Waals surface area contributed by atoms with Crippen LogP contribution >= 0.6 is 7.82 Å². The molecule has 0 spiro atoms. The second-order valence-corrected chi connectivity index (χ2v) is 2.59. The number of phosphoric acid groups is 1. The number of phosphoric ester groups is 1. The van der Waals surface area contributed by atoms with E-state index in [1.807, 2.05) is 0 Å². The zero-order valence-corrected chi connectivity index (χ0v) is 7.40. The Morgan fingerprint density at radius 3 is 1.46 bits per heavy atom. The van der Waals surface area contributed by atoms with Gasteiger partial charge < -0.3 is 32.8 Å². The Balaban J connectivity index is -0.000000500. The van der Waals surface area contributed by atoms with Gasteiger partial charge in [0.05, 0.1) is 0 Å². The molecule has 0 fully saturated rings. The predicted octanol–water partition coefficient (Wildman–Crippen LogP) is -0.399. The molecule has 0 aromatic carbocycles. The highest BCUT2D eigenvalue weighted by atomic mass is 31.2. The summed E-state index contributed by atoms with van der Waals surface area (Å²) >= 11 is 0. The minimum Gasteiger partial charge on any atom is -0.344 e. The van der Waals surface area contributed by atoms with E-state index < -0.39 is 20.0 Å². The van der Waals surface area contributed by atoms with Gasteiger partial charge in [-0.15, -0.1) is 0 Å². The van der Waals surface area contributed by atoms with Crippen molar-refractivity contribution in [2.45, 2.75) is 0 Å². The maximum Gasteiger partial charge on any atom is 0.591 e. The number of hydrogen-bond acceptors (Lipinski definition) is 7. The van der Waals surface area contributed by atoms with Gasteiger partial charge in [-0.2, -0.15) is 0 Å². The quantitative estimate of drug-likeness (QED) is 0.383. The van der Waals surface area contributed by atoms with Crippen LogP contribution in [0.1, 0.15) is 0 Å². The summed E-state index contributed by atoms with van der Waals surface area (Å²) in [4.78, 5) is 28.0. The van der Waals surface area contributed by atoms with E-state index in [0.29, 0.717) is 0 Å². The first kappa shape index (κ1) is 17.7. The predicted molar refractivity (Wildman–Crippen MR) is 41.2 cm³/mol. The Kier molecular flexibility index (Phi) is 8.42. The smallest absolute Gasteiger partial charge is 0.344 e. The first-order chi connectivity index (χ1) is 4.83. The minimum absolute atomic E-state index is 0. The summed E-state index contributed by atoms with van der Waals surface area (Å²) in [6.45, 7) is 0. The number of rotatable bonds is 2. The van der Waals surface area contributed by atoms with Gasteiger partial charge in [-0.3, -0.25) is 4.89 Å². The third-order valence-corrected chi connectivity index (χ3v) is 1.23. The topological polar surface area (TPSA) is 212 Å². The van der Waals surface area contributed by atoms with Crippen molar-refractivity contribution in [3.05, 3.63) is 0 Å². The summed E-state index contributed by atoms with van der Waals surface area (Å²) in [5.74, 6) is 0. The Morgan fingerprint density at radius 1 is 1.08 bits per heavy atom. The monoisotopic (exact) mass is 218 g/mol. The molecule has 0 bridgehead atoms. The molecule has 11 N–H and O–H groups in total. The molecular weight excluding hydrogens is 207 g/mol. The maximum absolute atomic E-state index is 10.3. The molecule has 11 heteroatoms. The van der Waals surface area contributed by atoms with E-state index in [2.05, 4.69) is 20.5 Å². The fourth-order valence-corrected chi connectivity index (χ4v) is 0.738. The fourth-order valence-electron chi connectivity index (χ4n) is 0.246. The minimum atomic E-state index is -4.75. The molecule has 0 aliphatic rings. The van der Waals surface area contributed by atoms with Crippen molar-refractivity contribution in [1.82, 2.24) is 12.3 Å². The first-order valence-corrected chi connectivity index (χ1v) is 3.64. The Labute approximate surface area is 72.9 Å². The molecule has 0 unspecified atom stereocenters. The van der Waals surface area contributed by atoms with E-state index in [4.69, 9.17) is 4.89 Å². The van der Waals surface area contributed by atoms with Crippen LogP contribution in [-0.4, -0.2) is 17.1 Å². The molecule has 0 radical (unpaired) electrons. The molecule has 80 valence electrons. The average molecular weight is 218 g/mol. The van der Waals surface area contributed by atoms with Gasteiger partial charge in [0.25, 0.3) is 0 Å². The molecule has 2 amide bonds. The molecule has 0 heterocycles. The lowest BCUT2D eigenvalue weighted by molar-refractivity contribution is 0.164. The molecule has 0 atom stereocenters. The summed E-state index contributed by atoms with van der Waals surface area (Å²) in [6, 6.07) is 0. The van der Waals surface area contributed by atoms with Crippen LogP contribution in [0.2, 0.25) is 0 Å². The Hall–Kier alpha value is -1.35. The zero-order valence-electron chi connectivity index (χ0n) is 6.50. The molecule has 10 nitrogen and oxygen atoms in total. The van der Waals surface area contributed by atoms with E-state index in [1.54, 1.807) is 0 Å². The highest BCUT2D eigenvalue weighted by Crippen LogP contribution is 2.42. The standard InChI is InChI=1S/C2H5N2O6P.2H3N/c3-1(5)9-11(7,8)10-2(4)6;;/h(H2,3,5)(H2,4,6)(H,7,8);2*1H3. The van der Waals surface area contributed by atoms with E-state index in [9.17, 15) is 14.2 Å². The third kappa shape index (κ3) is 10.7. The van der Waals surface area contributed by atoms with Crippen molar-refractivity contribution in [2.24, 2.45) is 11.5 Å². The van der Waals surface area contributed by atoms with Crippen molar-refractivity contribution in [3.8, 4) is 0 Å². The molecule has 0 saturated heterocycles. The number of nitrogens with two attached hydrogens (primary N) is 2. The van der Waals surface area contributed by atoms with Crippen LogP contribution in [-0.2, 0) is 13.6 Å². The Bertz CT molecular complexity index is 209. The number of primary amides is 2. The van der Waals surface area contributed by atoms with Crippen LogP contribution in [0.5, 0.6) is 0 Å². The number of amides is 2. The molecule has 0 saturated carbocycles. The lowest BCUT2D eigenvalue weighted by atomic mass is 11.3. The molecule has 13 heavy (non-hydrogen) atoms. The largest absolute Gasteiger partial charge is 0.591 e. The summed E-state index contributed by atoms with van der Waals surface area (Å²) < 4.78 is 17.3. The van der Waals surface area contributed by atoms with E-state index in [-0.39, 0.29) is 12.3 Å². The normalized spacial score (nSPS) is 8.69. The van der Waals surface area contributed by atoms with E-state index >= 15 is 0 Å². The molecule has 0 rings (SSSR count). The van der Waals surface area contributed by atoms with E-state index in [0.717, 1.165) is 0 Å². The van der Waals surface area contributed by atoms with Crippen LogP contribution in [0.4, 0.5) is 9.59 Å². The number of carbonyl (C=O) groups is 2. The first-order valence-electron chi connectivity index (χ1n) is 2.14. The van der Waals surface area contributed by atoms with Crippen LogP contribution in [0, 0.1) is 0 Å². The van der Waals surface area contributed by atoms with Crippen molar-refractivity contribution < 1.29 is 28.1 Å². The van der Waals surface area contributed by atoms with Gasteiger partial charge in [0.1, 0.15) is 0 Å². The molecule has 0 aliphatic heterocycles. The van der Waals surface area contributed by atoms with Gasteiger partial charge in [-0.25, -0.2) is 14.2 Å². The van der Waals surface area contributed by atoms with E-state index in [1.165, 1.54) is 0 Å². The lowest BCUT2D eigenvalue weighted by Gasteiger charge is -2.06. The van der Waals surface area contributed by atoms with Crippen molar-refractivity contribution in [1.29, 1.82) is 0 Å². The van der Waals surface area contributed by atoms with Gasteiger partial charge in [-0.1, -0.05) is 0 Å². The van der Waals surface area contributed by atoms with Gasteiger partial charge in [0.15, 0.2) is 0 Å². The maximum atomic E-state index is 10.3. The van der Waals surface area contributed by atoms with Crippen LogP contribution < -0.4 is 23.8 Å². The number of hydrogen-bond donors (Lipinski definition) is 5. The van der Waals surface area contributed by atoms with Crippen molar-refractivity contribution in [2.75, 3.05) is 0 Å². The van der Waals surface area contributed by atoms with Crippen LogP contribution in [0.15, 0.2) is 0 Å². The lowest BCUT2D eigenvalue weighted by Crippen LogP contribution is -2.16. The molecule has 0 aliphatic carbocycles. The van der Waals surface area contributed by atoms with Crippen molar-refractivity contribution in [3.63, 3.8) is 0 Å². The average Bonchev–Trinajstić information content (AvgIpc) is 1.53.